The van der Waals surface area contributed by atoms with Gasteiger partial charge in [-0.15, -0.1) is 0 Å². The van der Waals surface area contributed by atoms with Crippen molar-refractivity contribution >= 4 is 5.97 Å². The van der Waals surface area contributed by atoms with Crippen molar-refractivity contribution in [3.8, 4) is 11.5 Å². The molecular weight excluding hydrogens is 306 g/mol. The first kappa shape index (κ1) is 18.6. The van der Waals surface area contributed by atoms with Crippen molar-refractivity contribution in [3.05, 3.63) is 23.8 Å². The minimum Gasteiger partial charge on any atom is -0.493 e. The zero-order valence-corrected chi connectivity index (χ0v) is 15.1. The van der Waals surface area contributed by atoms with Gasteiger partial charge in [0, 0.05) is 12.5 Å². The highest BCUT2D eigenvalue weighted by Crippen LogP contribution is 2.27. The summed E-state index contributed by atoms with van der Waals surface area (Å²) in [6.45, 7) is 3.70. The van der Waals surface area contributed by atoms with E-state index in [0.29, 0.717) is 12.6 Å². The maximum absolute atomic E-state index is 11.1. The summed E-state index contributed by atoms with van der Waals surface area (Å²) in [5.41, 5.74) is 1.22. The van der Waals surface area contributed by atoms with Crippen LogP contribution < -0.4 is 14.4 Å². The van der Waals surface area contributed by atoms with Crippen LogP contribution in [0.15, 0.2) is 18.2 Å². The Kier molecular flexibility index (Phi) is 7.37. The Balaban J connectivity index is 2.06. The van der Waals surface area contributed by atoms with Gasteiger partial charge in [0.05, 0.1) is 20.3 Å². The second kappa shape index (κ2) is 9.52. The number of ether oxygens (including phenoxy) is 3. The maximum atomic E-state index is 11.1. The SMILES string of the molecule is COc1ccc(C[NH+](CCOC(C)=O)C2CCCCC2)cc1OC. The predicted molar refractivity (Wildman–Crippen MR) is 92.6 cm³/mol. The van der Waals surface area contributed by atoms with Gasteiger partial charge in [0.25, 0.3) is 0 Å². The molecule has 0 aliphatic heterocycles. The summed E-state index contributed by atoms with van der Waals surface area (Å²) in [5.74, 6) is 1.31. The number of hydrogen-bond donors (Lipinski definition) is 1. The summed E-state index contributed by atoms with van der Waals surface area (Å²) < 4.78 is 15.9. The van der Waals surface area contributed by atoms with E-state index in [1.165, 1.54) is 49.5 Å². The molecule has 2 rings (SSSR count). The summed E-state index contributed by atoms with van der Waals surface area (Å²) in [6, 6.07) is 6.74. The molecule has 5 heteroatoms. The van der Waals surface area contributed by atoms with Crippen LogP contribution in [-0.4, -0.2) is 39.4 Å². The molecule has 1 N–H and O–H groups in total. The Hall–Kier alpha value is -1.75. The highest BCUT2D eigenvalue weighted by atomic mass is 16.5. The molecule has 1 fully saturated rings. The highest BCUT2D eigenvalue weighted by Gasteiger charge is 2.25. The van der Waals surface area contributed by atoms with Gasteiger partial charge in [-0.2, -0.15) is 0 Å². The lowest BCUT2D eigenvalue weighted by Crippen LogP contribution is -3.15. The van der Waals surface area contributed by atoms with Crippen LogP contribution in [0.4, 0.5) is 0 Å². The summed E-state index contributed by atoms with van der Waals surface area (Å²) >= 11 is 0. The van der Waals surface area contributed by atoms with E-state index >= 15 is 0 Å². The van der Waals surface area contributed by atoms with Crippen molar-refractivity contribution < 1.29 is 23.9 Å². The number of benzene rings is 1. The molecule has 1 aromatic rings. The number of carbonyl (C=O) groups excluding carboxylic acids is 1. The van der Waals surface area contributed by atoms with Crippen LogP contribution in [0.5, 0.6) is 11.5 Å². The fourth-order valence-electron chi connectivity index (χ4n) is 3.53. The van der Waals surface area contributed by atoms with Crippen LogP contribution in [0.1, 0.15) is 44.6 Å². The van der Waals surface area contributed by atoms with Crippen molar-refractivity contribution in [2.45, 2.75) is 51.6 Å². The topological polar surface area (TPSA) is 49.2 Å². The van der Waals surface area contributed by atoms with E-state index in [0.717, 1.165) is 24.6 Å². The van der Waals surface area contributed by atoms with Crippen LogP contribution >= 0.6 is 0 Å². The molecule has 0 radical (unpaired) electrons. The Morgan fingerprint density at radius 2 is 1.83 bits per heavy atom. The summed E-state index contributed by atoms with van der Waals surface area (Å²) in [4.78, 5) is 12.5. The number of quaternary nitrogens is 1. The van der Waals surface area contributed by atoms with Crippen molar-refractivity contribution in [1.29, 1.82) is 0 Å². The molecule has 5 nitrogen and oxygen atoms in total. The smallest absolute Gasteiger partial charge is 0.302 e. The molecule has 134 valence electrons. The molecule has 0 spiro atoms. The highest BCUT2D eigenvalue weighted by molar-refractivity contribution is 5.65. The van der Waals surface area contributed by atoms with Crippen molar-refractivity contribution in [1.82, 2.24) is 0 Å². The third kappa shape index (κ3) is 5.41. The fraction of sp³-hybridized carbons (Fsp3) is 0.632. The zero-order chi connectivity index (χ0) is 17.4. The van der Waals surface area contributed by atoms with E-state index in [1.54, 1.807) is 14.2 Å². The lowest BCUT2D eigenvalue weighted by molar-refractivity contribution is -0.940. The summed E-state index contributed by atoms with van der Waals surface area (Å²) in [5, 5.41) is 0. The lowest BCUT2D eigenvalue weighted by Gasteiger charge is -2.31. The van der Waals surface area contributed by atoms with E-state index in [2.05, 4.69) is 6.07 Å². The average molecular weight is 336 g/mol. The number of rotatable bonds is 8. The van der Waals surface area contributed by atoms with Gasteiger partial charge in [0.1, 0.15) is 19.7 Å². The van der Waals surface area contributed by atoms with E-state index in [-0.39, 0.29) is 5.97 Å². The summed E-state index contributed by atoms with van der Waals surface area (Å²) in [7, 11) is 3.31. The van der Waals surface area contributed by atoms with Gasteiger partial charge in [0.2, 0.25) is 0 Å². The van der Waals surface area contributed by atoms with Gasteiger partial charge < -0.3 is 19.1 Å². The molecule has 0 aromatic heterocycles. The summed E-state index contributed by atoms with van der Waals surface area (Å²) in [6.07, 6.45) is 6.44. The monoisotopic (exact) mass is 336 g/mol. The van der Waals surface area contributed by atoms with Crippen molar-refractivity contribution in [3.63, 3.8) is 0 Å². The Morgan fingerprint density at radius 1 is 1.12 bits per heavy atom. The van der Waals surface area contributed by atoms with Gasteiger partial charge in [0.15, 0.2) is 11.5 Å². The third-order valence-corrected chi connectivity index (χ3v) is 4.79. The second-order valence-electron chi connectivity index (χ2n) is 6.45. The van der Waals surface area contributed by atoms with E-state index in [9.17, 15) is 4.79 Å². The number of carbonyl (C=O) groups is 1. The van der Waals surface area contributed by atoms with E-state index < -0.39 is 0 Å². The molecule has 24 heavy (non-hydrogen) atoms. The van der Waals surface area contributed by atoms with Gasteiger partial charge in [-0.3, -0.25) is 4.79 Å². The second-order valence-corrected chi connectivity index (χ2v) is 6.45. The fourth-order valence-corrected chi connectivity index (χ4v) is 3.53. The van der Waals surface area contributed by atoms with Gasteiger partial charge in [-0.05, 0) is 43.9 Å². The molecule has 1 aromatic carbocycles. The van der Waals surface area contributed by atoms with E-state index in [4.69, 9.17) is 14.2 Å². The van der Waals surface area contributed by atoms with Crippen molar-refractivity contribution in [2.75, 3.05) is 27.4 Å². The average Bonchev–Trinajstić information content (AvgIpc) is 2.61. The largest absolute Gasteiger partial charge is 0.493 e. The predicted octanol–water partition coefficient (Wildman–Crippen LogP) is 1.98. The van der Waals surface area contributed by atoms with Crippen LogP contribution in [0.25, 0.3) is 0 Å². The molecule has 1 aliphatic rings. The van der Waals surface area contributed by atoms with Gasteiger partial charge in [-0.1, -0.05) is 6.42 Å². The molecule has 1 atom stereocenters. The molecule has 0 amide bonds. The third-order valence-electron chi connectivity index (χ3n) is 4.79. The van der Waals surface area contributed by atoms with Gasteiger partial charge >= 0.3 is 5.97 Å². The lowest BCUT2D eigenvalue weighted by atomic mass is 9.94. The first-order valence-electron chi connectivity index (χ1n) is 8.83. The number of esters is 1. The van der Waals surface area contributed by atoms with Crippen LogP contribution in [0.3, 0.4) is 0 Å². The minimum absolute atomic E-state index is 0.205. The number of nitrogens with one attached hydrogen (secondary N) is 1. The molecule has 1 aliphatic carbocycles. The Labute approximate surface area is 144 Å². The molecule has 1 unspecified atom stereocenters. The van der Waals surface area contributed by atoms with Crippen LogP contribution in [-0.2, 0) is 16.1 Å². The minimum atomic E-state index is -0.205. The first-order valence-corrected chi connectivity index (χ1v) is 8.83. The van der Waals surface area contributed by atoms with E-state index in [1.807, 2.05) is 12.1 Å². The molecule has 0 bridgehead atoms. The number of hydrogen-bond acceptors (Lipinski definition) is 4. The first-order chi connectivity index (χ1) is 11.6. The number of methoxy groups -OCH3 is 2. The molecule has 1 saturated carbocycles. The quantitative estimate of drug-likeness (QED) is 0.738. The normalized spacial score (nSPS) is 16.5. The standard InChI is InChI=1S/C19H29NO4/c1-15(21)24-12-11-20(17-7-5-4-6-8-17)14-16-9-10-18(22-2)19(13-16)23-3/h9-10,13,17H,4-8,11-12,14H2,1-3H3/p+1. The molecular formula is C19H30NO4+. The Morgan fingerprint density at radius 3 is 2.46 bits per heavy atom. The van der Waals surface area contributed by atoms with Gasteiger partial charge in [-0.25, -0.2) is 0 Å². The molecule has 0 heterocycles. The maximum Gasteiger partial charge on any atom is 0.302 e. The zero-order valence-electron chi connectivity index (χ0n) is 15.1. The molecule has 0 saturated heterocycles. The van der Waals surface area contributed by atoms with Crippen LogP contribution in [0, 0.1) is 0 Å². The van der Waals surface area contributed by atoms with Crippen molar-refractivity contribution in [2.24, 2.45) is 0 Å². The van der Waals surface area contributed by atoms with Crippen LogP contribution in [0.2, 0.25) is 0 Å². The Bertz CT molecular complexity index is 526.